The maximum Gasteiger partial charge on any atom is 0.224 e. The van der Waals surface area contributed by atoms with Gasteiger partial charge in [-0.15, -0.1) is 0 Å². The van der Waals surface area contributed by atoms with Crippen LogP contribution < -0.4 is 0 Å². The number of nitrogens with zero attached hydrogens (tertiary/aromatic N) is 2. The molecule has 5 heteroatoms. The summed E-state index contributed by atoms with van der Waals surface area (Å²) in [6.45, 7) is 7.87. The van der Waals surface area contributed by atoms with E-state index < -0.39 is 0 Å². The number of rotatable bonds is 9. The quantitative estimate of drug-likeness (QED) is 0.700. The fourth-order valence-electron chi connectivity index (χ4n) is 2.45. The Morgan fingerprint density at radius 3 is 2.00 bits per heavy atom. The normalized spacial score (nSPS) is 10.4. The van der Waals surface area contributed by atoms with E-state index in [2.05, 4.69) is 0 Å². The van der Waals surface area contributed by atoms with E-state index in [-0.39, 0.29) is 17.6 Å². The van der Waals surface area contributed by atoms with Crippen molar-refractivity contribution in [1.82, 2.24) is 9.80 Å². The maximum absolute atomic E-state index is 12.9. The van der Waals surface area contributed by atoms with E-state index in [4.69, 9.17) is 0 Å². The summed E-state index contributed by atoms with van der Waals surface area (Å²) in [6, 6.07) is 6.08. The Morgan fingerprint density at radius 2 is 1.52 bits per heavy atom. The Bertz CT molecular complexity index is 496. The largest absolute Gasteiger partial charge is 0.343 e. The molecule has 0 fully saturated rings. The van der Waals surface area contributed by atoms with Gasteiger partial charge < -0.3 is 9.80 Å². The molecule has 0 radical (unpaired) electrons. The highest BCUT2D eigenvalue weighted by atomic mass is 19.1. The van der Waals surface area contributed by atoms with Crippen LogP contribution in [0, 0.1) is 5.82 Å². The van der Waals surface area contributed by atoms with Crippen LogP contribution in [-0.2, 0) is 16.1 Å². The SMILES string of the molecule is CCCN(CCC)C(=O)CCN(Cc1ccc(F)cc1)C(C)=O. The highest BCUT2D eigenvalue weighted by molar-refractivity contribution is 5.78. The van der Waals surface area contributed by atoms with E-state index in [0.29, 0.717) is 19.5 Å². The molecule has 0 saturated heterocycles. The third kappa shape index (κ3) is 6.80. The van der Waals surface area contributed by atoms with Gasteiger partial charge in [-0.3, -0.25) is 9.59 Å². The molecular formula is C18H27FN2O2. The summed E-state index contributed by atoms with van der Waals surface area (Å²) in [5, 5.41) is 0. The van der Waals surface area contributed by atoms with Crippen molar-refractivity contribution in [2.24, 2.45) is 0 Å². The van der Waals surface area contributed by atoms with Crippen LogP contribution in [0.1, 0.15) is 45.6 Å². The molecule has 2 amide bonds. The van der Waals surface area contributed by atoms with Gasteiger partial charge in [-0.2, -0.15) is 0 Å². The lowest BCUT2D eigenvalue weighted by atomic mass is 10.2. The number of carbonyl (C=O) groups excluding carboxylic acids is 2. The molecule has 0 aromatic heterocycles. The zero-order valence-corrected chi connectivity index (χ0v) is 14.3. The predicted molar refractivity (Wildman–Crippen MR) is 89.3 cm³/mol. The number of carbonyl (C=O) groups is 2. The third-order valence-electron chi connectivity index (χ3n) is 3.67. The predicted octanol–water partition coefficient (Wildman–Crippen LogP) is 3.21. The topological polar surface area (TPSA) is 40.6 Å². The fourth-order valence-corrected chi connectivity index (χ4v) is 2.45. The summed E-state index contributed by atoms with van der Waals surface area (Å²) in [4.78, 5) is 27.5. The summed E-state index contributed by atoms with van der Waals surface area (Å²) in [5.41, 5.74) is 0.855. The zero-order chi connectivity index (χ0) is 17.2. The van der Waals surface area contributed by atoms with Crippen LogP contribution >= 0.6 is 0 Å². The average molecular weight is 322 g/mol. The van der Waals surface area contributed by atoms with Gasteiger partial charge in [0.15, 0.2) is 0 Å². The van der Waals surface area contributed by atoms with Crippen molar-refractivity contribution in [2.75, 3.05) is 19.6 Å². The van der Waals surface area contributed by atoms with Gasteiger partial charge >= 0.3 is 0 Å². The monoisotopic (exact) mass is 322 g/mol. The first-order valence-corrected chi connectivity index (χ1v) is 8.25. The smallest absolute Gasteiger partial charge is 0.224 e. The van der Waals surface area contributed by atoms with Gasteiger partial charge in [-0.05, 0) is 30.5 Å². The average Bonchev–Trinajstić information content (AvgIpc) is 2.52. The lowest BCUT2D eigenvalue weighted by molar-refractivity contribution is -0.133. The highest BCUT2D eigenvalue weighted by Crippen LogP contribution is 2.08. The molecule has 0 saturated carbocycles. The van der Waals surface area contributed by atoms with Crippen molar-refractivity contribution in [3.05, 3.63) is 35.6 Å². The minimum Gasteiger partial charge on any atom is -0.343 e. The van der Waals surface area contributed by atoms with Crippen LogP contribution in [-0.4, -0.2) is 41.2 Å². The molecule has 4 nitrogen and oxygen atoms in total. The first-order valence-electron chi connectivity index (χ1n) is 8.25. The van der Waals surface area contributed by atoms with E-state index in [0.717, 1.165) is 31.5 Å². The lowest BCUT2D eigenvalue weighted by Gasteiger charge is -2.25. The minimum atomic E-state index is -0.298. The molecule has 1 aromatic carbocycles. The van der Waals surface area contributed by atoms with Gasteiger partial charge in [0.1, 0.15) is 5.82 Å². The number of hydrogen-bond acceptors (Lipinski definition) is 2. The standard InChI is InChI=1S/C18H27FN2O2/c1-4-11-20(12-5-2)18(23)10-13-21(15(3)22)14-16-6-8-17(19)9-7-16/h6-9H,4-5,10-14H2,1-3H3. The summed E-state index contributed by atoms with van der Waals surface area (Å²) in [6.07, 6.45) is 2.18. The van der Waals surface area contributed by atoms with Gasteiger partial charge in [0, 0.05) is 39.5 Å². The Balaban J connectivity index is 2.60. The number of amides is 2. The lowest BCUT2D eigenvalue weighted by Crippen LogP contribution is -2.36. The molecule has 0 spiro atoms. The second kappa shape index (κ2) is 9.98. The summed E-state index contributed by atoms with van der Waals surface area (Å²) < 4.78 is 12.9. The highest BCUT2D eigenvalue weighted by Gasteiger charge is 2.15. The Hall–Kier alpha value is -1.91. The maximum atomic E-state index is 12.9. The second-order valence-corrected chi connectivity index (χ2v) is 5.70. The second-order valence-electron chi connectivity index (χ2n) is 5.70. The molecule has 0 atom stereocenters. The molecule has 1 aromatic rings. The van der Waals surface area contributed by atoms with E-state index in [1.165, 1.54) is 19.1 Å². The number of hydrogen-bond donors (Lipinski definition) is 0. The molecule has 1 rings (SSSR count). The van der Waals surface area contributed by atoms with Crippen molar-refractivity contribution < 1.29 is 14.0 Å². The Kier molecular flexibility index (Phi) is 8.30. The van der Waals surface area contributed by atoms with Gasteiger partial charge in [-0.1, -0.05) is 26.0 Å². The van der Waals surface area contributed by atoms with E-state index in [1.807, 2.05) is 18.7 Å². The van der Waals surface area contributed by atoms with Gasteiger partial charge in [-0.25, -0.2) is 4.39 Å². The third-order valence-corrected chi connectivity index (χ3v) is 3.67. The Labute approximate surface area is 138 Å². The molecule has 0 aliphatic rings. The van der Waals surface area contributed by atoms with Gasteiger partial charge in [0.25, 0.3) is 0 Å². The van der Waals surface area contributed by atoms with Crippen LogP contribution in [0.2, 0.25) is 0 Å². The summed E-state index contributed by atoms with van der Waals surface area (Å²) in [5.74, 6) is -0.299. The Morgan fingerprint density at radius 1 is 0.957 bits per heavy atom. The van der Waals surface area contributed by atoms with Crippen LogP contribution in [0.25, 0.3) is 0 Å². The van der Waals surface area contributed by atoms with Crippen LogP contribution in [0.15, 0.2) is 24.3 Å². The van der Waals surface area contributed by atoms with Crippen LogP contribution in [0.3, 0.4) is 0 Å². The molecule has 0 heterocycles. The van der Waals surface area contributed by atoms with Crippen LogP contribution in [0.5, 0.6) is 0 Å². The summed E-state index contributed by atoms with van der Waals surface area (Å²) >= 11 is 0. The number of halogens is 1. The molecular weight excluding hydrogens is 295 g/mol. The van der Waals surface area contributed by atoms with Gasteiger partial charge in [0.05, 0.1) is 0 Å². The zero-order valence-electron chi connectivity index (χ0n) is 14.3. The van der Waals surface area contributed by atoms with Crippen molar-refractivity contribution in [3.63, 3.8) is 0 Å². The van der Waals surface area contributed by atoms with E-state index >= 15 is 0 Å². The molecule has 128 valence electrons. The van der Waals surface area contributed by atoms with E-state index in [1.54, 1.807) is 17.0 Å². The van der Waals surface area contributed by atoms with E-state index in [9.17, 15) is 14.0 Å². The minimum absolute atomic E-state index is 0.0825. The molecule has 0 aliphatic carbocycles. The molecule has 0 unspecified atom stereocenters. The van der Waals surface area contributed by atoms with Crippen molar-refractivity contribution in [1.29, 1.82) is 0 Å². The van der Waals surface area contributed by atoms with Crippen molar-refractivity contribution in [3.8, 4) is 0 Å². The van der Waals surface area contributed by atoms with Crippen LogP contribution in [0.4, 0.5) is 4.39 Å². The van der Waals surface area contributed by atoms with Crippen molar-refractivity contribution >= 4 is 11.8 Å². The first-order chi connectivity index (χ1) is 11.0. The fraction of sp³-hybridized carbons (Fsp3) is 0.556. The summed E-state index contributed by atoms with van der Waals surface area (Å²) in [7, 11) is 0. The molecule has 0 aliphatic heterocycles. The first kappa shape index (κ1) is 19.1. The molecule has 0 bridgehead atoms. The molecule has 0 N–H and O–H groups in total. The van der Waals surface area contributed by atoms with Gasteiger partial charge in [0.2, 0.25) is 11.8 Å². The molecule has 23 heavy (non-hydrogen) atoms. The van der Waals surface area contributed by atoms with Crippen molar-refractivity contribution in [2.45, 2.75) is 46.6 Å². The number of benzene rings is 1.